The molecule has 2 aromatic carbocycles. The number of benzene rings is 2. The number of hydrogen-bond acceptors (Lipinski definition) is 5. The van der Waals surface area contributed by atoms with Crippen molar-refractivity contribution in [3.63, 3.8) is 0 Å². The van der Waals surface area contributed by atoms with Gasteiger partial charge in [-0.25, -0.2) is 4.98 Å². The largest absolute Gasteiger partial charge is 0.489 e. The van der Waals surface area contributed by atoms with Crippen LogP contribution in [0, 0.1) is 11.3 Å². The highest BCUT2D eigenvalue weighted by Crippen LogP contribution is 2.59. The molecule has 200 valence electrons. The van der Waals surface area contributed by atoms with Crippen molar-refractivity contribution in [2.24, 2.45) is 11.3 Å². The summed E-state index contributed by atoms with van der Waals surface area (Å²) in [6, 6.07) is 14.6. The number of aryl methyl sites for hydroxylation is 1. The standard InChI is InChI=1S/C32H36ClNO4/c1-31(2,3)30(37-5)26-13-20(8-11-24(26)25-15-29(36-4)34-17-28(25)33)19-38-23-10-9-21-7-6-12-32(27(21)14-23)16-22(32)18-35/h8-11,13-15,17-18,22,30H,6-7,12,16,19H2,1-5H3/t22-,30+,32+/m0/s1. The van der Waals surface area contributed by atoms with Gasteiger partial charge in [-0.1, -0.05) is 50.6 Å². The van der Waals surface area contributed by atoms with Crippen molar-refractivity contribution >= 4 is 17.9 Å². The third-order valence-electron chi connectivity index (χ3n) is 8.14. The van der Waals surface area contributed by atoms with E-state index in [-0.39, 0.29) is 22.9 Å². The molecule has 1 heterocycles. The number of methoxy groups -OCH3 is 2. The van der Waals surface area contributed by atoms with Crippen molar-refractivity contribution in [2.45, 2.75) is 64.6 Å². The molecule has 0 bridgehead atoms. The lowest BCUT2D eigenvalue weighted by Crippen LogP contribution is -2.21. The molecule has 1 saturated carbocycles. The van der Waals surface area contributed by atoms with Gasteiger partial charge in [0, 0.05) is 30.1 Å². The summed E-state index contributed by atoms with van der Waals surface area (Å²) in [6.07, 6.45) is 6.85. The number of rotatable bonds is 8. The van der Waals surface area contributed by atoms with Crippen LogP contribution in [0.15, 0.2) is 48.7 Å². The molecule has 1 spiro atoms. The Kier molecular flexibility index (Phi) is 7.27. The smallest absolute Gasteiger partial charge is 0.213 e. The Bertz CT molecular complexity index is 1350. The Morgan fingerprint density at radius 2 is 1.95 bits per heavy atom. The first kappa shape index (κ1) is 26.7. The Balaban J connectivity index is 1.47. The lowest BCUT2D eigenvalue weighted by molar-refractivity contribution is -0.109. The van der Waals surface area contributed by atoms with Gasteiger partial charge in [-0.05, 0) is 77.1 Å². The molecule has 0 amide bonds. The Morgan fingerprint density at radius 1 is 1.13 bits per heavy atom. The lowest BCUT2D eigenvalue weighted by Gasteiger charge is -2.32. The van der Waals surface area contributed by atoms with E-state index in [1.165, 1.54) is 11.1 Å². The van der Waals surface area contributed by atoms with E-state index in [0.717, 1.165) is 60.0 Å². The number of nitrogens with zero attached hydrogens (tertiary/aromatic N) is 1. The van der Waals surface area contributed by atoms with Crippen LogP contribution in [0.3, 0.4) is 0 Å². The number of carbonyl (C=O) groups is 1. The number of pyridine rings is 1. The summed E-state index contributed by atoms with van der Waals surface area (Å²) in [5.74, 6) is 1.49. The molecule has 0 N–H and O–H groups in total. The van der Waals surface area contributed by atoms with Crippen molar-refractivity contribution in [1.29, 1.82) is 0 Å². The topological polar surface area (TPSA) is 57.7 Å². The molecule has 5 nitrogen and oxygen atoms in total. The van der Waals surface area contributed by atoms with Crippen LogP contribution in [0.25, 0.3) is 11.1 Å². The zero-order valence-electron chi connectivity index (χ0n) is 22.8. The summed E-state index contributed by atoms with van der Waals surface area (Å²) < 4.78 is 17.7. The number of hydrogen-bond donors (Lipinski definition) is 0. The van der Waals surface area contributed by atoms with Crippen molar-refractivity contribution < 1.29 is 19.0 Å². The maximum Gasteiger partial charge on any atom is 0.213 e. The van der Waals surface area contributed by atoms with Gasteiger partial charge in [-0.2, -0.15) is 0 Å². The summed E-state index contributed by atoms with van der Waals surface area (Å²) in [5, 5.41) is 0.552. The molecule has 1 fully saturated rings. The third-order valence-corrected chi connectivity index (χ3v) is 8.44. The summed E-state index contributed by atoms with van der Waals surface area (Å²) in [5.41, 5.74) is 6.45. The number of ether oxygens (including phenoxy) is 3. The molecule has 3 aromatic rings. The first-order valence-corrected chi connectivity index (χ1v) is 13.6. The fourth-order valence-electron chi connectivity index (χ4n) is 6.18. The normalized spacial score (nSPS) is 21.1. The van der Waals surface area contributed by atoms with E-state index in [9.17, 15) is 4.79 Å². The Labute approximate surface area is 230 Å². The fourth-order valence-corrected chi connectivity index (χ4v) is 6.39. The Morgan fingerprint density at radius 3 is 2.63 bits per heavy atom. The van der Waals surface area contributed by atoms with Crippen LogP contribution in [0.5, 0.6) is 11.6 Å². The number of fused-ring (bicyclic) bond motifs is 2. The fraction of sp³-hybridized carbons (Fsp3) is 0.438. The van der Waals surface area contributed by atoms with Gasteiger partial charge in [0.15, 0.2) is 0 Å². The number of halogens is 1. The first-order chi connectivity index (χ1) is 18.2. The second-order valence-corrected chi connectivity index (χ2v) is 12.1. The van der Waals surface area contributed by atoms with Crippen LogP contribution in [-0.4, -0.2) is 25.5 Å². The minimum Gasteiger partial charge on any atom is -0.489 e. The van der Waals surface area contributed by atoms with Gasteiger partial charge in [0.1, 0.15) is 18.6 Å². The quantitative estimate of drug-likeness (QED) is 0.280. The number of aldehydes is 1. The molecule has 0 saturated heterocycles. The highest BCUT2D eigenvalue weighted by molar-refractivity contribution is 6.33. The zero-order chi connectivity index (χ0) is 27.1. The number of carbonyl (C=O) groups excluding carboxylic acids is 1. The predicted molar refractivity (Wildman–Crippen MR) is 150 cm³/mol. The SMILES string of the molecule is COc1cc(-c2ccc(COc3ccc4c(c3)[C@]3(CCC4)C[C@H]3C=O)cc2[C@@H](OC)C(C)(C)C)c(Cl)cn1. The molecule has 38 heavy (non-hydrogen) atoms. The Hall–Kier alpha value is -2.89. The van der Waals surface area contributed by atoms with E-state index in [0.29, 0.717) is 17.5 Å². The van der Waals surface area contributed by atoms with E-state index >= 15 is 0 Å². The predicted octanol–water partition coefficient (Wildman–Crippen LogP) is 7.52. The van der Waals surface area contributed by atoms with Gasteiger partial charge < -0.3 is 19.0 Å². The maximum absolute atomic E-state index is 11.6. The summed E-state index contributed by atoms with van der Waals surface area (Å²) in [4.78, 5) is 15.8. The average molecular weight is 534 g/mol. The van der Waals surface area contributed by atoms with Crippen LogP contribution in [0.2, 0.25) is 5.02 Å². The van der Waals surface area contributed by atoms with Gasteiger partial charge in [0.25, 0.3) is 0 Å². The van der Waals surface area contributed by atoms with Crippen LogP contribution in [0.4, 0.5) is 0 Å². The van der Waals surface area contributed by atoms with Crippen molar-refractivity contribution in [3.8, 4) is 22.8 Å². The van der Waals surface area contributed by atoms with E-state index in [1.807, 2.05) is 6.07 Å². The summed E-state index contributed by atoms with van der Waals surface area (Å²) >= 11 is 6.60. The minimum atomic E-state index is -0.175. The lowest BCUT2D eigenvalue weighted by atomic mass is 9.78. The highest BCUT2D eigenvalue weighted by Gasteiger charge is 2.56. The average Bonchev–Trinajstić information content (AvgIpc) is 3.61. The first-order valence-electron chi connectivity index (χ1n) is 13.3. The zero-order valence-corrected chi connectivity index (χ0v) is 23.6. The van der Waals surface area contributed by atoms with Crippen LogP contribution >= 0.6 is 11.6 Å². The van der Waals surface area contributed by atoms with Gasteiger partial charge >= 0.3 is 0 Å². The third kappa shape index (κ3) is 4.94. The summed E-state index contributed by atoms with van der Waals surface area (Å²) in [6.45, 7) is 6.91. The second-order valence-electron chi connectivity index (χ2n) is 11.7. The van der Waals surface area contributed by atoms with Crippen molar-refractivity contribution in [1.82, 2.24) is 4.98 Å². The molecule has 0 aliphatic heterocycles. The van der Waals surface area contributed by atoms with Crippen LogP contribution < -0.4 is 9.47 Å². The van der Waals surface area contributed by atoms with E-state index in [4.69, 9.17) is 25.8 Å². The van der Waals surface area contributed by atoms with Gasteiger partial charge in [-0.3, -0.25) is 0 Å². The molecule has 0 unspecified atom stereocenters. The molecular formula is C32H36ClNO4. The molecule has 1 aromatic heterocycles. The minimum absolute atomic E-state index is 0.0345. The number of aromatic nitrogens is 1. The molecule has 5 rings (SSSR count). The summed E-state index contributed by atoms with van der Waals surface area (Å²) in [7, 11) is 3.34. The van der Waals surface area contributed by atoms with E-state index in [2.05, 4.69) is 62.2 Å². The van der Waals surface area contributed by atoms with Crippen molar-refractivity contribution in [3.05, 3.63) is 75.9 Å². The van der Waals surface area contributed by atoms with Gasteiger partial charge in [0.2, 0.25) is 5.88 Å². The van der Waals surface area contributed by atoms with Crippen LogP contribution in [0.1, 0.15) is 68.4 Å². The second kappa shape index (κ2) is 10.3. The molecule has 6 heteroatoms. The monoisotopic (exact) mass is 533 g/mol. The molecule has 3 atom stereocenters. The van der Waals surface area contributed by atoms with E-state index < -0.39 is 0 Å². The molecule has 2 aliphatic carbocycles. The van der Waals surface area contributed by atoms with Crippen molar-refractivity contribution in [2.75, 3.05) is 14.2 Å². The highest BCUT2D eigenvalue weighted by atomic mass is 35.5. The van der Waals surface area contributed by atoms with Crippen LogP contribution in [-0.2, 0) is 28.0 Å². The molecule has 0 radical (unpaired) electrons. The molecule has 2 aliphatic rings. The molecular weight excluding hydrogens is 498 g/mol. The van der Waals surface area contributed by atoms with Gasteiger partial charge in [-0.15, -0.1) is 0 Å². The van der Waals surface area contributed by atoms with E-state index in [1.54, 1.807) is 20.4 Å². The maximum atomic E-state index is 11.6. The van der Waals surface area contributed by atoms with Gasteiger partial charge in [0.05, 0.1) is 24.4 Å².